The van der Waals surface area contributed by atoms with E-state index in [0.29, 0.717) is 26.4 Å². The molecule has 0 aliphatic carbocycles. The number of carbonyl (C=O) groups is 1. The van der Waals surface area contributed by atoms with E-state index in [1.54, 1.807) is 7.11 Å². The standard InChI is InChI=1S/C23H25NO6.C4H10/c1-28-8-4-10-30-22-11-15-6-7-24-14-18(23(26)27)20(25)13-19(24)16(15)12-17(22)21-5-2-3-9-29-21;1-4(2)3/h5,11-14H,2-4,6-10H2,1H3,(H,26,27);4H,1-3H3. The topological polar surface area (TPSA) is 87.0 Å². The van der Waals surface area contributed by atoms with Gasteiger partial charge in [0.2, 0.25) is 0 Å². The number of carboxylic acids is 1. The van der Waals surface area contributed by atoms with Crippen LogP contribution in [0.25, 0.3) is 17.0 Å². The molecule has 0 atom stereocenters. The summed E-state index contributed by atoms with van der Waals surface area (Å²) in [5.74, 6) is 1.17. The van der Waals surface area contributed by atoms with Crippen LogP contribution in [0.5, 0.6) is 5.75 Å². The Morgan fingerprint density at radius 3 is 2.59 bits per heavy atom. The van der Waals surface area contributed by atoms with Crippen LogP contribution in [0.4, 0.5) is 0 Å². The van der Waals surface area contributed by atoms with E-state index in [0.717, 1.165) is 65.5 Å². The first kappa shape index (κ1) is 25.6. The number of carboxylic acid groups (broad SMARTS) is 1. The summed E-state index contributed by atoms with van der Waals surface area (Å²) in [6, 6.07) is 5.44. The Bertz CT molecular complexity index is 1100. The number of aromatic carboxylic acids is 1. The molecular weight excluding hydrogens is 434 g/mol. The fourth-order valence-electron chi connectivity index (χ4n) is 3.90. The van der Waals surface area contributed by atoms with Crippen LogP contribution in [0.2, 0.25) is 0 Å². The first-order valence-electron chi connectivity index (χ1n) is 11.9. The number of aryl methyl sites for hydroxylation is 2. The van der Waals surface area contributed by atoms with E-state index in [4.69, 9.17) is 14.2 Å². The third kappa shape index (κ3) is 6.29. The molecule has 34 heavy (non-hydrogen) atoms. The Morgan fingerprint density at radius 1 is 1.18 bits per heavy atom. The van der Waals surface area contributed by atoms with Crippen LogP contribution in [-0.4, -0.2) is 42.6 Å². The van der Waals surface area contributed by atoms with Gasteiger partial charge in [0, 0.05) is 44.5 Å². The van der Waals surface area contributed by atoms with Crippen molar-refractivity contribution >= 4 is 11.7 Å². The molecule has 0 spiro atoms. The average molecular weight is 470 g/mol. The number of hydrogen-bond donors (Lipinski definition) is 1. The van der Waals surface area contributed by atoms with Crippen molar-refractivity contribution < 1.29 is 24.1 Å². The molecule has 184 valence electrons. The predicted molar refractivity (Wildman–Crippen MR) is 132 cm³/mol. The molecule has 1 aromatic carbocycles. The smallest absolute Gasteiger partial charge is 0.341 e. The van der Waals surface area contributed by atoms with Gasteiger partial charge < -0.3 is 23.9 Å². The Hall–Kier alpha value is -3.06. The lowest BCUT2D eigenvalue weighted by Crippen LogP contribution is -2.22. The lowest BCUT2D eigenvalue weighted by Gasteiger charge is -2.26. The van der Waals surface area contributed by atoms with E-state index >= 15 is 0 Å². The molecule has 0 unspecified atom stereocenters. The molecule has 0 bridgehead atoms. The van der Waals surface area contributed by atoms with Crippen LogP contribution < -0.4 is 10.2 Å². The third-order valence-electron chi connectivity index (χ3n) is 5.41. The number of ether oxygens (including phenoxy) is 3. The van der Waals surface area contributed by atoms with Crippen molar-refractivity contribution in [2.24, 2.45) is 5.92 Å². The Labute approximate surface area is 201 Å². The maximum Gasteiger partial charge on any atom is 0.341 e. The second kappa shape index (κ2) is 11.9. The Kier molecular flexibility index (Phi) is 8.93. The number of rotatable bonds is 7. The van der Waals surface area contributed by atoms with Gasteiger partial charge in [0.25, 0.3) is 0 Å². The number of methoxy groups -OCH3 is 1. The molecule has 1 aromatic heterocycles. The molecule has 7 nitrogen and oxygen atoms in total. The van der Waals surface area contributed by atoms with Gasteiger partial charge in [-0.25, -0.2) is 4.79 Å². The van der Waals surface area contributed by atoms with Gasteiger partial charge in [0.15, 0.2) is 5.43 Å². The van der Waals surface area contributed by atoms with E-state index in [1.807, 2.05) is 16.7 Å². The number of aromatic nitrogens is 1. The second-order valence-electron chi connectivity index (χ2n) is 9.18. The Balaban J connectivity index is 0.000000751. The summed E-state index contributed by atoms with van der Waals surface area (Å²) in [5.41, 5.74) is 2.85. The van der Waals surface area contributed by atoms with Gasteiger partial charge in [0.1, 0.15) is 17.1 Å². The molecule has 0 fully saturated rings. The summed E-state index contributed by atoms with van der Waals surface area (Å²) in [6.45, 7) is 8.92. The summed E-state index contributed by atoms with van der Waals surface area (Å²) >= 11 is 0. The molecule has 0 saturated heterocycles. The third-order valence-corrected chi connectivity index (χ3v) is 5.41. The maximum atomic E-state index is 12.3. The van der Waals surface area contributed by atoms with Crippen molar-refractivity contribution in [2.75, 3.05) is 26.9 Å². The van der Waals surface area contributed by atoms with Crippen molar-refractivity contribution in [1.29, 1.82) is 0 Å². The number of benzene rings is 1. The lowest BCUT2D eigenvalue weighted by molar-refractivity contribution is 0.0694. The molecule has 4 rings (SSSR count). The van der Waals surface area contributed by atoms with Crippen molar-refractivity contribution in [3.8, 4) is 17.0 Å². The first-order valence-corrected chi connectivity index (χ1v) is 11.9. The predicted octanol–water partition coefficient (Wildman–Crippen LogP) is 5.00. The highest BCUT2D eigenvalue weighted by atomic mass is 16.5. The van der Waals surface area contributed by atoms with E-state index in [-0.39, 0.29) is 5.56 Å². The molecule has 0 amide bonds. The number of pyridine rings is 1. The summed E-state index contributed by atoms with van der Waals surface area (Å²) < 4.78 is 18.9. The van der Waals surface area contributed by atoms with Gasteiger partial charge in [0.05, 0.1) is 24.5 Å². The normalized spacial score (nSPS) is 14.2. The lowest BCUT2D eigenvalue weighted by atomic mass is 9.93. The fourth-order valence-corrected chi connectivity index (χ4v) is 3.90. The minimum absolute atomic E-state index is 0.209. The number of allylic oxidation sites excluding steroid dienone is 1. The van der Waals surface area contributed by atoms with Crippen LogP contribution in [0, 0.1) is 5.92 Å². The van der Waals surface area contributed by atoms with Crippen molar-refractivity contribution in [1.82, 2.24) is 4.57 Å². The number of fused-ring (bicyclic) bond motifs is 3. The van der Waals surface area contributed by atoms with Crippen LogP contribution in [0.1, 0.15) is 61.5 Å². The van der Waals surface area contributed by atoms with Gasteiger partial charge in [-0.1, -0.05) is 20.8 Å². The summed E-state index contributed by atoms with van der Waals surface area (Å²) in [4.78, 5) is 23.7. The summed E-state index contributed by atoms with van der Waals surface area (Å²) in [7, 11) is 1.67. The van der Waals surface area contributed by atoms with Crippen LogP contribution in [0.3, 0.4) is 0 Å². The second-order valence-corrected chi connectivity index (χ2v) is 9.18. The van der Waals surface area contributed by atoms with Crippen LogP contribution in [-0.2, 0) is 22.4 Å². The Morgan fingerprint density at radius 2 is 1.94 bits per heavy atom. The van der Waals surface area contributed by atoms with Crippen LogP contribution >= 0.6 is 0 Å². The summed E-state index contributed by atoms with van der Waals surface area (Å²) in [6.07, 6.45) is 6.93. The van der Waals surface area contributed by atoms with E-state index in [9.17, 15) is 14.7 Å². The molecule has 0 radical (unpaired) electrons. The van der Waals surface area contributed by atoms with Gasteiger partial charge >= 0.3 is 5.97 Å². The molecule has 7 heteroatoms. The van der Waals surface area contributed by atoms with Crippen molar-refractivity contribution in [3.05, 3.63) is 57.4 Å². The SMILES string of the molecule is CC(C)C.COCCCOc1cc2c(cc1C1=CCCCO1)-c1cc(=O)c(C(=O)O)cn1CC2. The molecule has 2 aromatic rings. The minimum atomic E-state index is -1.21. The zero-order chi connectivity index (χ0) is 24.7. The van der Waals surface area contributed by atoms with Crippen LogP contribution in [0.15, 0.2) is 35.3 Å². The van der Waals surface area contributed by atoms with Gasteiger partial charge in [-0.15, -0.1) is 0 Å². The van der Waals surface area contributed by atoms with E-state index < -0.39 is 11.4 Å². The van der Waals surface area contributed by atoms with Crippen molar-refractivity contribution in [3.63, 3.8) is 0 Å². The highest BCUT2D eigenvalue weighted by Crippen LogP contribution is 2.38. The first-order chi connectivity index (χ1) is 16.3. The molecule has 2 aliphatic heterocycles. The molecule has 1 N–H and O–H groups in total. The zero-order valence-electron chi connectivity index (χ0n) is 20.6. The molecule has 0 saturated carbocycles. The largest absolute Gasteiger partial charge is 0.493 e. The maximum absolute atomic E-state index is 12.3. The van der Waals surface area contributed by atoms with E-state index in [2.05, 4.69) is 26.8 Å². The molecular formula is C27H35NO6. The average Bonchev–Trinajstić information content (AvgIpc) is 2.81. The summed E-state index contributed by atoms with van der Waals surface area (Å²) in [5, 5.41) is 9.27. The zero-order valence-corrected chi connectivity index (χ0v) is 20.6. The highest BCUT2D eigenvalue weighted by molar-refractivity contribution is 5.88. The monoisotopic (exact) mass is 469 g/mol. The molecule has 2 aliphatic rings. The van der Waals surface area contributed by atoms with E-state index in [1.165, 1.54) is 12.3 Å². The van der Waals surface area contributed by atoms with Gasteiger partial charge in [-0.2, -0.15) is 0 Å². The number of nitrogens with zero attached hydrogens (tertiary/aromatic N) is 1. The minimum Gasteiger partial charge on any atom is -0.493 e. The quantitative estimate of drug-likeness (QED) is 0.575. The highest BCUT2D eigenvalue weighted by Gasteiger charge is 2.23. The van der Waals surface area contributed by atoms with Gasteiger partial charge in [-0.3, -0.25) is 4.79 Å². The number of hydrogen-bond acceptors (Lipinski definition) is 5. The fraction of sp³-hybridized carbons (Fsp3) is 0.481. The van der Waals surface area contributed by atoms with Crippen molar-refractivity contribution in [2.45, 2.75) is 53.0 Å². The van der Waals surface area contributed by atoms with Gasteiger partial charge in [-0.05, 0) is 49.0 Å². The molecule has 3 heterocycles.